The van der Waals surface area contributed by atoms with Gasteiger partial charge in [0.2, 0.25) is 0 Å². The molecule has 0 saturated carbocycles. The number of amides is 2. The Hall–Kier alpha value is -2.24. The van der Waals surface area contributed by atoms with Crippen LogP contribution in [0.2, 0.25) is 10.0 Å². The Kier molecular flexibility index (Phi) is 5.84. The molecule has 2 N–H and O–H groups in total. The highest BCUT2D eigenvalue weighted by Crippen LogP contribution is 2.25. The van der Waals surface area contributed by atoms with Crippen LogP contribution in [0.3, 0.4) is 0 Å². The summed E-state index contributed by atoms with van der Waals surface area (Å²) < 4.78 is 4.62. The van der Waals surface area contributed by atoms with Crippen molar-refractivity contribution in [2.75, 3.05) is 12.4 Å². The summed E-state index contributed by atoms with van der Waals surface area (Å²) >= 11 is 11.8. The van der Waals surface area contributed by atoms with E-state index in [-0.39, 0.29) is 0 Å². The minimum absolute atomic E-state index is 0.297. The number of benzene rings is 2. The van der Waals surface area contributed by atoms with Gasteiger partial charge in [-0.3, -0.25) is 0 Å². The van der Waals surface area contributed by atoms with Gasteiger partial charge in [-0.25, -0.2) is 9.59 Å². The Morgan fingerprint density at radius 3 is 2.43 bits per heavy atom. The summed E-state index contributed by atoms with van der Waals surface area (Å²) in [5.41, 5.74) is 1.72. The minimum Gasteiger partial charge on any atom is -0.465 e. The molecule has 23 heavy (non-hydrogen) atoms. The first kappa shape index (κ1) is 17.1. The zero-order valence-electron chi connectivity index (χ0n) is 12.2. The summed E-state index contributed by atoms with van der Waals surface area (Å²) in [6.45, 7) is 0.297. The minimum atomic E-state index is -0.411. The predicted molar refractivity (Wildman–Crippen MR) is 90.1 cm³/mol. The van der Waals surface area contributed by atoms with Crippen molar-refractivity contribution in [3.63, 3.8) is 0 Å². The maximum Gasteiger partial charge on any atom is 0.337 e. The van der Waals surface area contributed by atoms with Crippen molar-refractivity contribution in [1.82, 2.24) is 5.32 Å². The van der Waals surface area contributed by atoms with Crippen LogP contribution in [-0.4, -0.2) is 19.1 Å². The lowest BCUT2D eigenvalue weighted by molar-refractivity contribution is 0.0600. The second-order valence-electron chi connectivity index (χ2n) is 4.62. The van der Waals surface area contributed by atoms with Crippen molar-refractivity contribution < 1.29 is 14.3 Å². The van der Waals surface area contributed by atoms with E-state index in [0.717, 1.165) is 5.56 Å². The molecule has 0 heterocycles. The summed E-state index contributed by atoms with van der Waals surface area (Å²) in [6, 6.07) is 11.1. The van der Waals surface area contributed by atoms with Crippen LogP contribution in [-0.2, 0) is 11.3 Å². The van der Waals surface area contributed by atoms with Gasteiger partial charge in [0.15, 0.2) is 0 Å². The van der Waals surface area contributed by atoms with Crippen molar-refractivity contribution in [1.29, 1.82) is 0 Å². The predicted octanol–water partition coefficient (Wildman–Crippen LogP) is 4.10. The number of rotatable bonds is 4. The molecule has 120 valence electrons. The molecule has 0 aromatic heterocycles. The van der Waals surface area contributed by atoms with E-state index in [1.54, 1.807) is 42.5 Å². The van der Waals surface area contributed by atoms with Crippen LogP contribution in [0, 0.1) is 0 Å². The van der Waals surface area contributed by atoms with Crippen molar-refractivity contribution in [2.24, 2.45) is 0 Å². The molecule has 0 aliphatic heterocycles. The first-order chi connectivity index (χ1) is 11.0. The zero-order valence-corrected chi connectivity index (χ0v) is 13.7. The lowest BCUT2D eigenvalue weighted by Gasteiger charge is -2.09. The van der Waals surface area contributed by atoms with Crippen LogP contribution in [0.1, 0.15) is 15.9 Å². The maximum atomic E-state index is 11.9. The first-order valence-electron chi connectivity index (χ1n) is 6.67. The molecule has 0 fully saturated rings. The molecule has 0 spiro atoms. The third-order valence-corrected chi connectivity index (χ3v) is 3.57. The third-order valence-electron chi connectivity index (χ3n) is 3.00. The number of urea groups is 1. The van der Waals surface area contributed by atoms with E-state index < -0.39 is 12.0 Å². The van der Waals surface area contributed by atoms with Crippen molar-refractivity contribution in [3.05, 3.63) is 63.6 Å². The highest BCUT2D eigenvalue weighted by Gasteiger charge is 2.07. The largest absolute Gasteiger partial charge is 0.465 e. The molecule has 0 saturated heterocycles. The van der Waals surface area contributed by atoms with E-state index in [0.29, 0.717) is 27.8 Å². The molecule has 0 unspecified atom stereocenters. The van der Waals surface area contributed by atoms with Gasteiger partial charge in [0.25, 0.3) is 0 Å². The van der Waals surface area contributed by atoms with Crippen molar-refractivity contribution in [2.45, 2.75) is 6.54 Å². The quantitative estimate of drug-likeness (QED) is 0.813. The summed E-state index contributed by atoms with van der Waals surface area (Å²) in [7, 11) is 1.32. The molecule has 0 bridgehead atoms. The number of hydrogen-bond acceptors (Lipinski definition) is 3. The van der Waals surface area contributed by atoms with Crippen LogP contribution < -0.4 is 10.6 Å². The third kappa shape index (κ3) is 4.87. The fraction of sp³-hybridized carbons (Fsp3) is 0.125. The van der Waals surface area contributed by atoms with Gasteiger partial charge in [0, 0.05) is 11.6 Å². The Bertz CT molecular complexity index is 718. The van der Waals surface area contributed by atoms with Crippen LogP contribution in [0.5, 0.6) is 0 Å². The summed E-state index contributed by atoms with van der Waals surface area (Å²) in [5, 5.41) is 6.18. The van der Waals surface area contributed by atoms with Gasteiger partial charge < -0.3 is 15.4 Å². The lowest BCUT2D eigenvalue weighted by atomic mass is 10.1. The van der Waals surface area contributed by atoms with Gasteiger partial charge in [-0.15, -0.1) is 0 Å². The molecule has 2 amide bonds. The lowest BCUT2D eigenvalue weighted by Crippen LogP contribution is -2.28. The highest BCUT2D eigenvalue weighted by atomic mass is 35.5. The van der Waals surface area contributed by atoms with Crippen LogP contribution in [0.15, 0.2) is 42.5 Å². The normalized spacial score (nSPS) is 10.0. The second kappa shape index (κ2) is 7.85. The number of esters is 1. The molecule has 7 heteroatoms. The highest BCUT2D eigenvalue weighted by molar-refractivity contribution is 6.35. The van der Waals surface area contributed by atoms with Gasteiger partial charge in [0.1, 0.15) is 0 Å². The molecule has 2 rings (SSSR count). The zero-order chi connectivity index (χ0) is 16.8. The van der Waals surface area contributed by atoms with Crippen LogP contribution in [0.4, 0.5) is 10.5 Å². The van der Waals surface area contributed by atoms with E-state index >= 15 is 0 Å². The average Bonchev–Trinajstić information content (AvgIpc) is 2.56. The van der Waals surface area contributed by atoms with Gasteiger partial charge in [0.05, 0.1) is 23.4 Å². The molecular formula is C16H14Cl2N2O3. The van der Waals surface area contributed by atoms with Gasteiger partial charge in [-0.1, -0.05) is 35.3 Å². The smallest absolute Gasteiger partial charge is 0.337 e. The molecule has 2 aromatic carbocycles. The SMILES string of the molecule is COC(=O)c1ccc(CNC(=O)Nc2cc(Cl)ccc2Cl)cc1. The van der Waals surface area contributed by atoms with E-state index in [9.17, 15) is 9.59 Å². The molecule has 0 aliphatic rings. The average molecular weight is 353 g/mol. The molecule has 5 nitrogen and oxygen atoms in total. The first-order valence-corrected chi connectivity index (χ1v) is 7.42. The number of methoxy groups -OCH3 is 1. The van der Waals surface area contributed by atoms with E-state index in [1.165, 1.54) is 7.11 Å². The number of anilines is 1. The Balaban J connectivity index is 1.91. The number of hydrogen-bond donors (Lipinski definition) is 2. The van der Waals surface area contributed by atoms with Crippen molar-refractivity contribution in [3.8, 4) is 0 Å². The number of halogens is 2. The monoisotopic (exact) mass is 352 g/mol. The Morgan fingerprint density at radius 2 is 1.78 bits per heavy atom. The van der Waals surface area contributed by atoms with E-state index in [2.05, 4.69) is 15.4 Å². The number of ether oxygens (including phenoxy) is 1. The fourth-order valence-electron chi connectivity index (χ4n) is 1.82. The Morgan fingerprint density at radius 1 is 1.09 bits per heavy atom. The molecule has 0 aliphatic carbocycles. The number of carbonyl (C=O) groups is 2. The van der Waals surface area contributed by atoms with E-state index in [4.69, 9.17) is 23.2 Å². The van der Waals surface area contributed by atoms with Gasteiger partial charge >= 0.3 is 12.0 Å². The van der Waals surface area contributed by atoms with Gasteiger partial charge in [-0.2, -0.15) is 0 Å². The Labute approximate surface area is 143 Å². The van der Waals surface area contributed by atoms with Crippen LogP contribution >= 0.6 is 23.2 Å². The number of nitrogens with one attached hydrogen (secondary N) is 2. The van der Waals surface area contributed by atoms with Crippen molar-refractivity contribution >= 4 is 40.9 Å². The second-order valence-corrected chi connectivity index (χ2v) is 5.46. The molecular weight excluding hydrogens is 339 g/mol. The van der Waals surface area contributed by atoms with E-state index in [1.807, 2.05) is 0 Å². The molecule has 0 atom stereocenters. The summed E-state index contributed by atoms with van der Waals surface area (Å²) in [4.78, 5) is 23.2. The fourth-order valence-corrected chi connectivity index (χ4v) is 2.16. The molecule has 2 aromatic rings. The molecule has 0 radical (unpaired) electrons. The van der Waals surface area contributed by atoms with Crippen LogP contribution in [0.25, 0.3) is 0 Å². The summed E-state index contributed by atoms with van der Waals surface area (Å²) in [5.74, 6) is -0.405. The summed E-state index contributed by atoms with van der Waals surface area (Å²) in [6.07, 6.45) is 0. The maximum absolute atomic E-state index is 11.9. The standard InChI is InChI=1S/C16H14Cl2N2O3/c1-23-15(21)11-4-2-10(3-5-11)9-19-16(22)20-14-8-12(17)6-7-13(14)18/h2-8H,9H2,1H3,(H2,19,20,22). The van der Waals surface area contributed by atoms with Gasteiger partial charge in [-0.05, 0) is 35.9 Å². The topological polar surface area (TPSA) is 67.4 Å². The number of carbonyl (C=O) groups excluding carboxylic acids is 2.